The summed E-state index contributed by atoms with van der Waals surface area (Å²) in [5.74, 6) is 0. The van der Waals surface area contributed by atoms with E-state index in [9.17, 15) is 0 Å². The Labute approximate surface area is 126 Å². The fourth-order valence-corrected chi connectivity index (χ4v) is 3.24. The molecule has 3 heteroatoms. The Morgan fingerprint density at radius 3 is 3.00 bits per heavy atom. The zero-order valence-corrected chi connectivity index (χ0v) is 12.9. The van der Waals surface area contributed by atoms with Crippen molar-refractivity contribution in [3.63, 3.8) is 0 Å². The third kappa shape index (κ3) is 3.09. The van der Waals surface area contributed by atoms with Crippen LogP contribution in [0.5, 0.6) is 0 Å². The molecule has 2 aromatic rings. The highest BCUT2D eigenvalue weighted by Gasteiger charge is 2.31. The Morgan fingerprint density at radius 2 is 2.24 bits per heavy atom. The lowest BCUT2D eigenvalue weighted by molar-refractivity contribution is 0.0319. The second-order valence-electron chi connectivity index (χ2n) is 5.94. The van der Waals surface area contributed by atoms with Crippen molar-refractivity contribution in [1.82, 2.24) is 10.3 Å². The first-order valence-corrected chi connectivity index (χ1v) is 8.01. The minimum absolute atomic E-state index is 0.265. The number of rotatable bonds is 5. The van der Waals surface area contributed by atoms with Gasteiger partial charge in [0.15, 0.2) is 0 Å². The van der Waals surface area contributed by atoms with Crippen LogP contribution in [-0.4, -0.2) is 23.7 Å². The Balaban J connectivity index is 1.97. The molecule has 1 aliphatic rings. The number of ether oxygens (including phenoxy) is 1. The van der Waals surface area contributed by atoms with Gasteiger partial charge in [0, 0.05) is 17.8 Å². The number of hydrogen-bond acceptors (Lipinski definition) is 3. The number of nitrogens with one attached hydrogen (secondary N) is 1. The molecular formula is C18H24N2O. The van der Waals surface area contributed by atoms with Crippen LogP contribution in [0.2, 0.25) is 0 Å². The molecule has 0 saturated carbocycles. The summed E-state index contributed by atoms with van der Waals surface area (Å²) < 4.78 is 6.15. The summed E-state index contributed by atoms with van der Waals surface area (Å²) in [6, 6.07) is 8.85. The van der Waals surface area contributed by atoms with E-state index in [2.05, 4.69) is 48.4 Å². The predicted molar refractivity (Wildman–Crippen MR) is 86.3 cm³/mol. The zero-order chi connectivity index (χ0) is 14.7. The van der Waals surface area contributed by atoms with Crippen molar-refractivity contribution in [2.24, 2.45) is 0 Å². The first-order valence-electron chi connectivity index (χ1n) is 8.01. The van der Waals surface area contributed by atoms with E-state index in [0.717, 1.165) is 25.8 Å². The van der Waals surface area contributed by atoms with E-state index in [4.69, 9.17) is 4.74 Å². The van der Waals surface area contributed by atoms with Gasteiger partial charge in [-0.3, -0.25) is 4.98 Å². The topological polar surface area (TPSA) is 34.2 Å². The summed E-state index contributed by atoms with van der Waals surface area (Å²) in [5, 5.41) is 6.18. The first-order chi connectivity index (χ1) is 10.3. The Bertz CT molecular complexity index is 593. The molecule has 0 bridgehead atoms. The highest BCUT2D eigenvalue weighted by molar-refractivity contribution is 5.85. The molecule has 3 rings (SSSR count). The number of pyridine rings is 1. The summed E-state index contributed by atoms with van der Waals surface area (Å²) in [6.07, 6.45) is 7.87. The molecule has 0 aliphatic carbocycles. The fourth-order valence-electron chi connectivity index (χ4n) is 3.24. The van der Waals surface area contributed by atoms with Gasteiger partial charge in [0.1, 0.15) is 0 Å². The highest BCUT2D eigenvalue weighted by atomic mass is 16.5. The number of aromatic nitrogens is 1. The smallest absolute Gasteiger partial charge is 0.0774 e. The number of hydrogen-bond donors (Lipinski definition) is 1. The van der Waals surface area contributed by atoms with Crippen LogP contribution in [0.15, 0.2) is 36.7 Å². The lowest BCUT2D eigenvalue weighted by Gasteiger charge is -2.26. The maximum absolute atomic E-state index is 6.15. The van der Waals surface area contributed by atoms with Crippen molar-refractivity contribution in [3.05, 3.63) is 42.2 Å². The van der Waals surface area contributed by atoms with E-state index in [1.54, 1.807) is 0 Å². The van der Waals surface area contributed by atoms with Crippen molar-refractivity contribution in [3.8, 4) is 0 Å². The van der Waals surface area contributed by atoms with Gasteiger partial charge in [-0.15, -0.1) is 0 Å². The summed E-state index contributed by atoms with van der Waals surface area (Å²) in [4.78, 5) is 4.23. The quantitative estimate of drug-likeness (QED) is 0.905. The van der Waals surface area contributed by atoms with Gasteiger partial charge in [-0.1, -0.05) is 25.1 Å². The summed E-state index contributed by atoms with van der Waals surface area (Å²) in [5.41, 5.74) is 1.34. The van der Waals surface area contributed by atoms with E-state index in [-0.39, 0.29) is 12.1 Å². The molecule has 21 heavy (non-hydrogen) atoms. The summed E-state index contributed by atoms with van der Waals surface area (Å²) >= 11 is 0. The highest BCUT2D eigenvalue weighted by Crippen LogP contribution is 2.33. The van der Waals surface area contributed by atoms with Gasteiger partial charge in [-0.2, -0.15) is 0 Å². The predicted octanol–water partition coefficient (Wildman–Crippen LogP) is 3.84. The minimum Gasteiger partial charge on any atom is -0.373 e. The van der Waals surface area contributed by atoms with Crippen LogP contribution in [0.25, 0.3) is 10.8 Å². The number of fused-ring (bicyclic) bond motifs is 1. The van der Waals surface area contributed by atoms with Crippen LogP contribution in [0.3, 0.4) is 0 Å². The molecule has 1 aromatic carbocycles. The third-order valence-electron chi connectivity index (χ3n) is 4.30. The van der Waals surface area contributed by atoms with Crippen molar-refractivity contribution in [2.45, 2.75) is 51.4 Å². The van der Waals surface area contributed by atoms with Gasteiger partial charge in [0.2, 0.25) is 0 Å². The molecule has 1 aromatic heterocycles. The molecule has 2 heterocycles. The molecule has 0 amide bonds. The Morgan fingerprint density at radius 1 is 1.33 bits per heavy atom. The van der Waals surface area contributed by atoms with Gasteiger partial charge in [0.25, 0.3) is 0 Å². The van der Waals surface area contributed by atoms with E-state index in [1.165, 1.54) is 16.3 Å². The first kappa shape index (κ1) is 14.5. The largest absolute Gasteiger partial charge is 0.373 e. The molecule has 1 aliphatic heterocycles. The van der Waals surface area contributed by atoms with Crippen LogP contribution in [0, 0.1) is 0 Å². The van der Waals surface area contributed by atoms with Gasteiger partial charge in [0.05, 0.1) is 18.2 Å². The average molecular weight is 284 g/mol. The van der Waals surface area contributed by atoms with Crippen molar-refractivity contribution in [2.75, 3.05) is 6.54 Å². The number of nitrogens with zero attached hydrogens (tertiary/aromatic N) is 1. The van der Waals surface area contributed by atoms with Crippen LogP contribution in [-0.2, 0) is 4.74 Å². The molecule has 1 saturated heterocycles. The van der Waals surface area contributed by atoms with Crippen LogP contribution in [0.1, 0.15) is 44.7 Å². The van der Waals surface area contributed by atoms with E-state index >= 15 is 0 Å². The molecule has 3 atom stereocenters. The van der Waals surface area contributed by atoms with Crippen LogP contribution in [0.4, 0.5) is 0 Å². The molecule has 3 unspecified atom stereocenters. The Kier molecular flexibility index (Phi) is 4.51. The molecule has 1 N–H and O–H groups in total. The maximum atomic E-state index is 6.15. The second-order valence-corrected chi connectivity index (χ2v) is 5.94. The average Bonchev–Trinajstić information content (AvgIpc) is 2.94. The fraction of sp³-hybridized carbons (Fsp3) is 0.500. The van der Waals surface area contributed by atoms with E-state index in [0.29, 0.717) is 6.10 Å². The number of benzene rings is 1. The molecule has 112 valence electrons. The Hall–Kier alpha value is -1.45. The summed E-state index contributed by atoms with van der Waals surface area (Å²) in [7, 11) is 0. The normalized spacial score (nSPS) is 23.5. The van der Waals surface area contributed by atoms with Gasteiger partial charge in [-0.25, -0.2) is 0 Å². The monoisotopic (exact) mass is 284 g/mol. The van der Waals surface area contributed by atoms with Crippen molar-refractivity contribution < 1.29 is 4.74 Å². The zero-order valence-electron chi connectivity index (χ0n) is 12.9. The van der Waals surface area contributed by atoms with Crippen molar-refractivity contribution >= 4 is 10.8 Å². The maximum Gasteiger partial charge on any atom is 0.0774 e. The molecule has 1 fully saturated rings. The molecule has 0 radical (unpaired) electrons. The molecule has 0 spiro atoms. The molecular weight excluding hydrogens is 260 g/mol. The van der Waals surface area contributed by atoms with Crippen LogP contribution < -0.4 is 5.32 Å². The second kappa shape index (κ2) is 6.54. The SMILES string of the molecule is CCCNC(c1cccc2cnccc12)C1CCC(C)O1. The van der Waals surface area contributed by atoms with Gasteiger partial charge >= 0.3 is 0 Å². The lowest BCUT2D eigenvalue weighted by Crippen LogP contribution is -2.32. The van der Waals surface area contributed by atoms with Crippen LogP contribution >= 0.6 is 0 Å². The van der Waals surface area contributed by atoms with Gasteiger partial charge in [-0.05, 0) is 49.7 Å². The standard InChI is InChI=1S/C18H24N2O/c1-3-10-20-18(17-8-7-13(2)21-17)16-6-4-5-14-12-19-11-9-15(14)16/h4-6,9,11-13,17-18,20H,3,7-8,10H2,1-2H3. The minimum atomic E-state index is 0.265. The van der Waals surface area contributed by atoms with Gasteiger partial charge < -0.3 is 10.1 Å². The van der Waals surface area contributed by atoms with E-state index < -0.39 is 0 Å². The van der Waals surface area contributed by atoms with Crippen molar-refractivity contribution in [1.29, 1.82) is 0 Å². The lowest BCUT2D eigenvalue weighted by atomic mass is 9.94. The van der Waals surface area contributed by atoms with E-state index in [1.807, 2.05) is 12.4 Å². The third-order valence-corrected chi connectivity index (χ3v) is 4.30. The molecule has 3 nitrogen and oxygen atoms in total. The summed E-state index contributed by atoms with van der Waals surface area (Å²) in [6.45, 7) is 5.39.